The molecule has 0 saturated heterocycles. The fourth-order valence-electron chi connectivity index (χ4n) is 1.34. The summed E-state index contributed by atoms with van der Waals surface area (Å²) >= 11 is 4.74. The molecular weight excluding hydrogens is 286 g/mol. The van der Waals surface area contributed by atoms with Crippen LogP contribution in [-0.4, -0.2) is 18.4 Å². The van der Waals surface area contributed by atoms with Crippen LogP contribution in [0.25, 0.3) is 0 Å². The van der Waals surface area contributed by atoms with Gasteiger partial charge in [-0.15, -0.1) is 0 Å². The molecule has 0 unspecified atom stereocenters. The van der Waals surface area contributed by atoms with Crippen molar-refractivity contribution in [2.45, 2.75) is 11.4 Å². The standard InChI is InChI=1S/C11H11N3O3S2/c12-11(18)10-2-1-9(6-13-10)19(15,16)14-5-8-3-4-17-7-8/h1-4,6-7,14H,5H2,(H2,12,18). The lowest BCUT2D eigenvalue weighted by Crippen LogP contribution is -2.23. The summed E-state index contributed by atoms with van der Waals surface area (Å²) in [6, 6.07) is 4.55. The highest BCUT2D eigenvalue weighted by atomic mass is 32.2. The summed E-state index contributed by atoms with van der Waals surface area (Å²) in [5, 5.41) is 0. The molecule has 3 N–H and O–H groups in total. The number of furan rings is 1. The van der Waals surface area contributed by atoms with Gasteiger partial charge in [-0.3, -0.25) is 4.98 Å². The van der Waals surface area contributed by atoms with Crippen molar-refractivity contribution in [1.29, 1.82) is 0 Å². The highest BCUT2D eigenvalue weighted by Gasteiger charge is 2.14. The summed E-state index contributed by atoms with van der Waals surface area (Å²) in [6.07, 6.45) is 4.16. The minimum absolute atomic E-state index is 0.0518. The van der Waals surface area contributed by atoms with Gasteiger partial charge in [0.25, 0.3) is 0 Å². The van der Waals surface area contributed by atoms with E-state index in [2.05, 4.69) is 9.71 Å². The van der Waals surface area contributed by atoms with E-state index < -0.39 is 10.0 Å². The summed E-state index contributed by atoms with van der Waals surface area (Å²) in [6.45, 7) is 0.149. The molecule has 6 nitrogen and oxygen atoms in total. The Morgan fingerprint density at radius 1 is 1.42 bits per heavy atom. The van der Waals surface area contributed by atoms with E-state index in [1.165, 1.54) is 30.9 Å². The number of hydrogen-bond donors (Lipinski definition) is 2. The first-order valence-corrected chi connectivity index (χ1v) is 7.15. The maximum Gasteiger partial charge on any atom is 0.242 e. The molecule has 2 heterocycles. The Bertz CT molecular complexity index is 664. The third-order valence-corrected chi connectivity index (χ3v) is 3.94. The lowest BCUT2D eigenvalue weighted by molar-refractivity contribution is 0.561. The van der Waals surface area contributed by atoms with Gasteiger partial charge in [0, 0.05) is 18.3 Å². The average molecular weight is 297 g/mol. The monoisotopic (exact) mass is 297 g/mol. The summed E-state index contributed by atoms with van der Waals surface area (Å²) in [7, 11) is -3.62. The van der Waals surface area contributed by atoms with Crippen LogP contribution in [0.5, 0.6) is 0 Å². The highest BCUT2D eigenvalue weighted by molar-refractivity contribution is 7.89. The Morgan fingerprint density at radius 2 is 2.21 bits per heavy atom. The first-order chi connectivity index (χ1) is 8.99. The Kier molecular flexibility index (Phi) is 3.93. The van der Waals surface area contributed by atoms with Crippen LogP contribution in [0.2, 0.25) is 0 Å². The molecule has 0 aliphatic carbocycles. The van der Waals surface area contributed by atoms with E-state index >= 15 is 0 Å². The predicted molar refractivity (Wildman–Crippen MR) is 72.9 cm³/mol. The molecule has 0 atom stereocenters. The van der Waals surface area contributed by atoms with Gasteiger partial charge >= 0.3 is 0 Å². The number of nitrogens with zero attached hydrogens (tertiary/aromatic N) is 1. The topological polar surface area (TPSA) is 98.2 Å². The van der Waals surface area contributed by atoms with Gasteiger partial charge in [-0.1, -0.05) is 12.2 Å². The second-order valence-electron chi connectivity index (χ2n) is 3.70. The normalized spacial score (nSPS) is 11.4. The summed E-state index contributed by atoms with van der Waals surface area (Å²) in [4.78, 5) is 4.06. The maximum absolute atomic E-state index is 12.0. The summed E-state index contributed by atoms with van der Waals surface area (Å²) in [5.74, 6) is 0. The van der Waals surface area contributed by atoms with E-state index in [-0.39, 0.29) is 16.4 Å². The Morgan fingerprint density at radius 3 is 2.74 bits per heavy atom. The van der Waals surface area contributed by atoms with Gasteiger partial charge in [0.05, 0.1) is 18.2 Å². The molecule has 0 spiro atoms. The van der Waals surface area contributed by atoms with Crippen molar-refractivity contribution >= 4 is 27.2 Å². The first-order valence-electron chi connectivity index (χ1n) is 5.25. The minimum Gasteiger partial charge on any atom is -0.472 e. The SMILES string of the molecule is NC(=S)c1ccc(S(=O)(=O)NCc2ccoc2)cn1. The van der Waals surface area contributed by atoms with Crippen LogP contribution in [0.15, 0.2) is 46.2 Å². The van der Waals surface area contributed by atoms with Gasteiger partial charge in [0.1, 0.15) is 9.88 Å². The number of thiocarbonyl (C=S) groups is 1. The number of aromatic nitrogens is 1. The number of pyridine rings is 1. The second-order valence-corrected chi connectivity index (χ2v) is 5.91. The van der Waals surface area contributed by atoms with Crippen LogP contribution in [0, 0.1) is 0 Å². The van der Waals surface area contributed by atoms with Crippen molar-refractivity contribution in [3.05, 3.63) is 48.2 Å². The van der Waals surface area contributed by atoms with Crippen molar-refractivity contribution in [3.63, 3.8) is 0 Å². The quantitative estimate of drug-likeness (QED) is 0.792. The van der Waals surface area contributed by atoms with Gasteiger partial charge in [0.15, 0.2) is 0 Å². The largest absolute Gasteiger partial charge is 0.472 e. The number of rotatable bonds is 5. The third kappa shape index (κ3) is 3.37. The Labute approximate surface area is 115 Å². The Hall–Kier alpha value is -1.77. The summed E-state index contributed by atoms with van der Waals surface area (Å²) in [5.41, 5.74) is 6.50. The molecule has 0 aliphatic rings. The predicted octanol–water partition coefficient (Wildman–Crippen LogP) is 0.787. The van der Waals surface area contributed by atoms with E-state index in [4.69, 9.17) is 22.4 Å². The highest BCUT2D eigenvalue weighted by Crippen LogP contribution is 2.09. The van der Waals surface area contributed by atoms with Gasteiger partial charge in [0.2, 0.25) is 10.0 Å². The van der Waals surface area contributed by atoms with E-state index in [9.17, 15) is 8.42 Å². The molecule has 2 rings (SSSR count). The number of hydrogen-bond acceptors (Lipinski definition) is 5. The van der Waals surface area contributed by atoms with Crippen molar-refractivity contribution in [2.75, 3.05) is 0 Å². The van der Waals surface area contributed by atoms with Crippen molar-refractivity contribution in [1.82, 2.24) is 9.71 Å². The number of sulfonamides is 1. The van der Waals surface area contributed by atoms with Crippen LogP contribution in [0.1, 0.15) is 11.3 Å². The molecule has 0 aliphatic heterocycles. The zero-order chi connectivity index (χ0) is 13.9. The molecule has 0 radical (unpaired) electrons. The lowest BCUT2D eigenvalue weighted by Gasteiger charge is -2.05. The molecule has 8 heteroatoms. The van der Waals surface area contributed by atoms with Crippen molar-refractivity contribution in [3.8, 4) is 0 Å². The van der Waals surface area contributed by atoms with Gasteiger partial charge in [-0.25, -0.2) is 13.1 Å². The van der Waals surface area contributed by atoms with E-state index in [0.717, 1.165) is 5.56 Å². The molecule has 0 fully saturated rings. The third-order valence-electron chi connectivity index (χ3n) is 2.35. The molecule has 0 aromatic carbocycles. The fourth-order valence-corrected chi connectivity index (χ4v) is 2.42. The first kappa shape index (κ1) is 13.7. The van der Waals surface area contributed by atoms with Crippen LogP contribution in [0.4, 0.5) is 0 Å². The van der Waals surface area contributed by atoms with Gasteiger partial charge in [-0.2, -0.15) is 0 Å². The van der Waals surface area contributed by atoms with E-state index in [1.807, 2.05) is 0 Å². The molecular formula is C11H11N3O3S2. The fraction of sp³-hybridized carbons (Fsp3) is 0.0909. The maximum atomic E-state index is 12.0. The molecule has 0 saturated carbocycles. The molecule has 2 aromatic heterocycles. The molecule has 0 amide bonds. The number of nitrogens with one attached hydrogen (secondary N) is 1. The second kappa shape index (κ2) is 5.47. The summed E-state index contributed by atoms with van der Waals surface area (Å²) < 4.78 is 31.2. The van der Waals surface area contributed by atoms with Gasteiger partial charge in [-0.05, 0) is 18.2 Å². The van der Waals surface area contributed by atoms with Crippen LogP contribution >= 0.6 is 12.2 Å². The Balaban J connectivity index is 2.13. The zero-order valence-electron chi connectivity index (χ0n) is 9.74. The average Bonchev–Trinajstić information content (AvgIpc) is 2.90. The molecule has 19 heavy (non-hydrogen) atoms. The minimum atomic E-state index is -3.62. The molecule has 100 valence electrons. The van der Waals surface area contributed by atoms with Crippen LogP contribution < -0.4 is 10.5 Å². The van der Waals surface area contributed by atoms with E-state index in [1.54, 1.807) is 6.07 Å². The smallest absolute Gasteiger partial charge is 0.242 e. The molecule has 0 bridgehead atoms. The van der Waals surface area contributed by atoms with E-state index in [0.29, 0.717) is 5.69 Å². The van der Waals surface area contributed by atoms with Crippen molar-refractivity contribution in [2.24, 2.45) is 5.73 Å². The lowest BCUT2D eigenvalue weighted by atomic mass is 10.3. The van der Waals surface area contributed by atoms with Crippen molar-refractivity contribution < 1.29 is 12.8 Å². The number of nitrogens with two attached hydrogens (primary N) is 1. The van der Waals surface area contributed by atoms with Crippen LogP contribution in [0.3, 0.4) is 0 Å². The zero-order valence-corrected chi connectivity index (χ0v) is 11.4. The van der Waals surface area contributed by atoms with Gasteiger partial charge < -0.3 is 10.2 Å². The van der Waals surface area contributed by atoms with Crippen LogP contribution in [-0.2, 0) is 16.6 Å². The molecule has 2 aromatic rings.